The van der Waals surface area contributed by atoms with E-state index in [1.54, 1.807) is 18.2 Å². The monoisotopic (exact) mass is 209 g/mol. The maximum atomic E-state index is 13.1. The maximum Gasteiger partial charge on any atom is 0.122 e. The standard InChI is InChI=1S/C12H16FNO/c1-8(13)9-2-3-12(15)11(6-9)10-4-5-14-7-10/h2-3,6,8,10,14-15H,4-5,7H2,1H3. The second kappa shape index (κ2) is 4.19. The van der Waals surface area contributed by atoms with Gasteiger partial charge in [0, 0.05) is 12.5 Å². The molecule has 1 saturated heterocycles. The smallest absolute Gasteiger partial charge is 0.122 e. The minimum atomic E-state index is -0.973. The Bertz CT molecular complexity index is 345. The van der Waals surface area contributed by atoms with Gasteiger partial charge in [-0.05, 0) is 43.1 Å². The second-order valence-electron chi connectivity index (χ2n) is 4.12. The normalized spacial score (nSPS) is 22.9. The van der Waals surface area contributed by atoms with E-state index in [0.717, 1.165) is 25.1 Å². The second-order valence-corrected chi connectivity index (χ2v) is 4.12. The molecule has 82 valence electrons. The number of phenols is 1. The number of hydrogen-bond donors (Lipinski definition) is 2. The van der Waals surface area contributed by atoms with E-state index in [-0.39, 0.29) is 5.75 Å². The summed E-state index contributed by atoms with van der Waals surface area (Å²) >= 11 is 0. The summed E-state index contributed by atoms with van der Waals surface area (Å²) in [5.74, 6) is 0.608. The van der Waals surface area contributed by atoms with Gasteiger partial charge in [-0.15, -0.1) is 0 Å². The molecule has 1 aliphatic rings. The van der Waals surface area contributed by atoms with Gasteiger partial charge in [-0.25, -0.2) is 4.39 Å². The van der Waals surface area contributed by atoms with E-state index in [0.29, 0.717) is 11.5 Å². The van der Waals surface area contributed by atoms with Crippen molar-refractivity contribution in [3.63, 3.8) is 0 Å². The lowest BCUT2D eigenvalue weighted by atomic mass is 9.95. The van der Waals surface area contributed by atoms with Gasteiger partial charge in [0.2, 0.25) is 0 Å². The summed E-state index contributed by atoms with van der Waals surface area (Å²) in [6.45, 7) is 3.36. The van der Waals surface area contributed by atoms with Crippen LogP contribution < -0.4 is 5.32 Å². The van der Waals surface area contributed by atoms with Gasteiger partial charge in [0.25, 0.3) is 0 Å². The Labute approximate surface area is 89.1 Å². The third kappa shape index (κ3) is 2.12. The zero-order valence-corrected chi connectivity index (χ0v) is 8.83. The highest BCUT2D eigenvalue weighted by atomic mass is 19.1. The fourth-order valence-corrected chi connectivity index (χ4v) is 2.07. The minimum absolute atomic E-state index is 0.285. The fourth-order valence-electron chi connectivity index (χ4n) is 2.07. The molecule has 1 aliphatic heterocycles. The van der Waals surface area contributed by atoms with Crippen LogP contribution in [-0.2, 0) is 0 Å². The molecule has 0 aliphatic carbocycles. The van der Waals surface area contributed by atoms with Crippen molar-refractivity contribution in [2.45, 2.75) is 25.4 Å². The summed E-state index contributed by atoms with van der Waals surface area (Å²) in [4.78, 5) is 0. The summed E-state index contributed by atoms with van der Waals surface area (Å²) in [7, 11) is 0. The van der Waals surface area contributed by atoms with E-state index >= 15 is 0 Å². The average Bonchev–Trinajstić information content (AvgIpc) is 2.71. The van der Waals surface area contributed by atoms with Crippen molar-refractivity contribution in [1.29, 1.82) is 0 Å². The van der Waals surface area contributed by atoms with Gasteiger partial charge in [-0.1, -0.05) is 6.07 Å². The average molecular weight is 209 g/mol. The highest BCUT2D eigenvalue weighted by Crippen LogP contribution is 2.32. The van der Waals surface area contributed by atoms with Crippen LogP contribution >= 0.6 is 0 Å². The SMILES string of the molecule is CC(F)c1ccc(O)c(C2CCNC2)c1. The molecule has 2 N–H and O–H groups in total. The molecule has 2 atom stereocenters. The summed E-state index contributed by atoms with van der Waals surface area (Å²) < 4.78 is 13.1. The fraction of sp³-hybridized carbons (Fsp3) is 0.500. The predicted molar refractivity (Wildman–Crippen MR) is 57.9 cm³/mol. The highest BCUT2D eigenvalue weighted by molar-refractivity contribution is 5.40. The molecule has 0 amide bonds. The number of alkyl halides is 1. The Morgan fingerprint density at radius 3 is 2.93 bits per heavy atom. The summed E-state index contributed by atoms with van der Waals surface area (Å²) in [5.41, 5.74) is 1.52. The van der Waals surface area contributed by atoms with Crippen LogP contribution in [0.5, 0.6) is 5.75 Å². The number of aromatic hydroxyl groups is 1. The molecule has 2 unspecified atom stereocenters. The molecule has 0 radical (unpaired) electrons. The first-order valence-electron chi connectivity index (χ1n) is 5.36. The van der Waals surface area contributed by atoms with E-state index < -0.39 is 6.17 Å². The van der Waals surface area contributed by atoms with Crippen molar-refractivity contribution >= 4 is 0 Å². The summed E-state index contributed by atoms with van der Waals surface area (Å²) in [6, 6.07) is 5.03. The third-order valence-electron chi connectivity index (χ3n) is 3.01. The Hall–Kier alpha value is -1.09. The van der Waals surface area contributed by atoms with Gasteiger partial charge in [-0.2, -0.15) is 0 Å². The number of hydrogen-bond acceptors (Lipinski definition) is 2. The lowest BCUT2D eigenvalue weighted by molar-refractivity contribution is 0.373. The zero-order chi connectivity index (χ0) is 10.8. The third-order valence-corrected chi connectivity index (χ3v) is 3.01. The first kappa shape index (κ1) is 10.4. The molecule has 0 spiro atoms. The number of halogens is 1. The molecular formula is C12H16FNO. The number of phenolic OH excluding ortho intramolecular Hbond substituents is 1. The lowest BCUT2D eigenvalue weighted by Crippen LogP contribution is -2.08. The summed E-state index contributed by atoms with van der Waals surface area (Å²) in [6.07, 6.45) is 0.0382. The molecule has 3 heteroatoms. The van der Waals surface area contributed by atoms with Crippen molar-refractivity contribution in [2.24, 2.45) is 0 Å². The van der Waals surface area contributed by atoms with Crippen LogP contribution in [0.2, 0.25) is 0 Å². The lowest BCUT2D eigenvalue weighted by Gasteiger charge is -2.13. The van der Waals surface area contributed by atoms with E-state index in [1.165, 1.54) is 6.92 Å². The first-order chi connectivity index (χ1) is 7.18. The first-order valence-corrected chi connectivity index (χ1v) is 5.36. The van der Waals surface area contributed by atoms with Crippen LogP contribution in [0, 0.1) is 0 Å². The van der Waals surface area contributed by atoms with Crippen LogP contribution in [0.3, 0.4) is 0 Å². The van der Waals surface area contributed by atoms with Crippen LogP contribution in [-0.4, -0.2) is 18.2 Å². The molecule has 2 rings (SSSR count). The zero-order valence-electron chi connectivity index (χ0n) is 8.83. The Kier molecular flexibility index (Phi) is 2.91. The number of rotatable bonds is 2. The highest BCUT2D eigenvalue weighted by Gasteiger charge is 2.20. The van der Waals surface area contributed by atoms with Crippen LogP contribution in [0.15, 0.2) is 18.2 Å². The largest absolute Gasteiger partial charge is 0.508 e. The molecule has 1 aromatic carbocycles. The van der Waals surface area contributed by atoms with Gasteiger partial charge in [0.1, 0.15) is 11.9 Å². The Morgan fingerprint density at radius 2 is 2.33 bits per heavy atom. The molecule has 2 nitrogen and oxygen atoms in total. The molecule has 1 heterocycles. The molecule has 1 fully saturated rings. The van der Waals surface area contributed by atoms with Gasteiger partial charge < -0.3 is 10.4 Å². The van der Waals surface area contributed by atoms with Crippen molar-refractivity contribution in [3.8, 4) is 5.75 Å². The number of nitrogens with one attached hydrogen (secondary N) is 1. The van der Waals surface area contributed by atoms with E-state index in [9.17, 15) is 9.50 Å². The molecule has 0 bridgehead atoms. The van der Waals surface area contributed by atoms with Gasteiger partial charge in [0.15, 0.2) is 0 Å². The van der Waals surface area contributed by atoms with Crippen molar-refractivity contribution < 1.29 is 9.50 Å². The maximum absolute atomic E-state index is 13.1. The van der Waals surface area contributed by atoms with Gasteiger partial charge in [0.05, 0.1) is 0 Å². The summed E-state index contributed by atoms with van der Waals surface area (Å²) in [5, 5.41) is 13.0. The van der Waals surface area contributed by atoms with Crippen LogP contribution in [0.4, 0.5) is 4.39 Å². The topological polar surface area (TPSA) is 32.3 Å². The minimum Gasteiger partial charge on any atom is -0.508 e. The Morgan fingerprint density at radius 1 is 1.53 bits per heavy atom. The number of benzene rings is 1. The van der Waals surface area contributed by atoms with E-state index in [1.807, 2.05) is 0 Å². The molecular weight excluding hydrogens is 193 g/mol. The van der Waals surface area contributed by atoms with E-state index in [2.05, 4.69) is 5.32 Å². The molecule has 0 aromatic heterocycles. The van der Waals surface area contributed by atoms with Gasteiger partial charge in [-0.3, -0.25) is 0 Å². The quantitative estimate of drug-likeness (QED) is 0.784. The molecule has 0 saturated carbocycles. The van der Waals surface area contributed by atoms with Crippen molar-refractivity contribution in [2.75, 3.05) is 13.1 Å². The van der Waals surface area contributed by atoms with E-state index in [4.69, 9.17) is 0 Å². The molecule has 1 aromatic rings. The van der Waals surface area contributed by atoms with Crippen LogP contribution in [0.25, 0.3) is 0 Å². The van der Waals surface area contributed by atoms with Gasteiger partial charge >= 0.3 is 0 Å². The molecule has 15 heavy (non-hydrogen) atoms. The van der Waals surface area contributed by atoms with Crippen molar-refractivity contribution in [1.82, 2.24) is 5.32 Å². The van der Waals surface area contributed by atoms with Crippen LogP contribution in [0.1, 0.15) is 36.6 Å². The Balaban J connectivity index is 2.31. The van der Waals surface area contributed by atoms with Crippen molar-refractivity contribution in [3.05, 3.63) is 29.3 Å². The predicted octanol–water partition coefficient (Wildman–Crippen LogP) is 2.50.